The third-order valence-corrected chi connectivity index (χ3v) is 0.870. The second-order valence-electron chi connectivity index (χ2n) is 1.97. The molecule has 0 aromatic rings. The van der Waals surface area contributed by atoms with Gasteiger partial charge in [0.25, 0.3) is 0 Å². The van der Waals surface area contributed by atoms with Crippen LogP contribution in [0.1, 0.15) is 13.3 Å². The molecule has 0 aliphatic heterocycles. The summed E-state index contributed by atoms with van der Waals surface area (Å²) in [6.45, 7) is 4.95. The first-order chi connectivity index (χ1) is 4.68. The summed E-state index contributed by atoms with van der Waals surface area (Å²) in [4.78, 5) is 10.6. The van der Waals surface area contributed by atoms with E-state index in [4.69, 9.17) is 0 Å². The van der Waals surface area contributed by atoms with Gasteiger partial charge >= 0.3 is 5.97 Å². The molecule has 0 unspecified atom stereocenters. The molecule has 0 N–H and O–H groups in total. The van der Waals surface area contributed by atoms with Crippen LogP contribution in [0.25, 0.3) is 0 Å². The first kappa shape index (κ1) is 9.17. The first-order valence-electron chi connectivity index (χ1n) is 3.09. The molecule has 3 nitrogen and oxygen atoms in total. The van der Waals surface area contributed by atoms with E-state index in [1.165, 1.54) is 0 Å². The lowest BCUT2D eigenvalue weighted by Crippen LogP contribution is -2.06. The maximum absolute atomic E-state index is 10.6. The average molecular weight is 143 g/mol. The van der Waals surface area contributed by atoms with E-state index in [0.717, 1.165) is 0 Å². The van der Waals surface area contributed by atoms with E-state index in [1.54, 1.807) is 6.92 Å². The fraction of sp³-hybridized carbons (Fsp3) is 0.571. The van der Waals surface area contributed by atoms with E-state index in [9.17, 15) is 9.90 Å². The van der Waals surface area contributed by atoms with Crippen LogP contribution in [0, 0.1) is 0 Å². The lowest BCUT2D eigenvalue weighted by Gasteiger charge is -2.00. The highest BCUT2D eigenvalue weighted by molar-refractivity contribution is 5.86. The van der Waals surface area contributed by atoms with E-state index in [1.807, 2.05) is 0 Å². The molecule has 0 heterocycles. The Morgan fingerprint density at radius 3 is 2.60 bits per heavy atom. The van der Waals surface area contributed by atoms with Gasteiger partial charge in [-0.1, -0.05) is 6.58 Å². The van der Waals surface area contributed by atoms with Crippen LogP contribution in [0.3, 0.4) is 0 Å². The van der Waals surface area contributed by atoms with Gasteiger partial charge in [0.15, 0.2) is 0 Å². The Labute approximate surface area is 60.3 Å². The maximum Gasteiger partial charge on any atom is 0.333 e. The van der Waals surface area contributed by atoms with Gasteiger partial charge in [-0.25, -0.2) is 9.90 Å². The standard InChI is InChI=1S/C7H11O3/c1-6(2)7(9)10-5-3-4-8/h1,3-5H2,2H3. The number of carbonyl (C=O) groups is 1. The SMILES string of the molecule is C=C(C)C(=O)OCCC[O]. The predicted molar refractivity (Wildman–Crippen MR) is 35.9 cm³/mol. The molecule has 1 radical (unpaired) electrons. The van der Waals surface area contributed by atoms with Gasteiger partial charge in [-0.2, -0.15) is 0 Å². The molecule has 0 saturated carbocycles. The van der Waals surface area contributed by atoms with Gasteiger partial charge in [0, 0.05) is 12.0 Å². The van der Waals surface area contributed by atoms with Crippen LogP contribution in [-0.2, 0) is 14.6 Å². The van der Waals surface area contributed by atoms with Crippen molar-refractivity contribution in [2.75, 3.05) is 13.2 Å². The van der Waals surface area contributed by atoms with Crippen LogP contribution >= 0.6 is 0 Å². The zero-order chi connectivity index (χ0) is 7.98. The molecular weight excluding hydrogens is 132 g/mol. The van der Waals surface area contributed by atoms with Crippen LogP contribution in [0.4, 0.5) is 0 Å². The smallest absolute Gasteiger partial charge is 0.333 e. The van der Waals surface area contributed by atoms with Gasteiger partial charge in [0.2, 0.25) is 0 Å². The van der Waals surface area contributed by atoms with Gasteiger partial charge in [0.05, 0.1) is 13.2 Å². The van der Waals surface area contributed by atoms with E-state index >= 15 is 0 Å². The molecule has 0 rings (SSSR count). The largest absolute Gasteiger partial charge is 0.462 e. The molecule has 0 aromatic carbocycles. The van der Waals surface area contributed by atoms with Crippen molar-refractivity contribution in [1.29, 1.82) is 0 Å². The summed E-state index contributed by atoms with van der Waals surface area (Å²) in [5.74, 6) is -0.423. The number of hydrogen-bond donors (Lipinski definition) is 0. The molecule has 0 atom stereocenters. The van der Waals surface area contributed by atoms with E-state index in [0.29, 0.717) is 12.0 Å². The summed E-state index contributed by atoms with van der Waals surface area (Å²) >= 11 is 0. The summed E-state index contributed by atoms with van der Waals surface area (Å²) in [6.07, 6.45) is 0.374. The first-order valence-corrected chi connectivity index (χ1v) is 3.09. The van der Waals surface area contributed by atoms with Crippen molar-refractivity contribution in [3.05, 3.63) is 12.2 Å². The summed E-state index contributed by atoms with van der Waals surface area (Å²) < 4.78 is 4.61. The fourth-order valence-corrected chi connectivity index (χ4v) is 0.347. The fourth-order valence-electron chi connectivity index (χ4n) is 0.347. The maximum atomic E-state index is 10.6. The zero-order valence-electron chi connectivity index (χ0n) is 6.05. The molecule has 0 fully saturated rings. The Morgan fingerprint density at radius 2 is 2.20 bits per heavy atom. The van der Waals surface area contributed by atoms with Crippen molar-refractivity contribution in [2.24, 2.45) is 0 Å². The van der Waals surface area contributed by atoms with Gasteiger partial charge in [-0.05, 0) is 6.92 Å². The normalized spacial score (nSPS) is 9.00. The summed E-state index contributed by atoms with van der Waals surface area (Å²) in [5, 5.41) is 9.87. The summed E-state index contributed by atoms with van der Waals surface area (Å²) in [6, 6.07) is 0. The molecule has 0 aliphatic rings. The molecule has 0 bridgehead atoms. The van der Waals surface area contributed by atoms with Crippen LogP contribution < -0.4 is 0 Å². The van der Waals surface area contributed by atoms with Crippen LogP contribution in [0.2, 0.25) is 0 Å². The molecule has 0 saturated heterocycles. The number of hydrogen-bond acceptors (Lipinski definition) is 2. The average Bonchev–Trinajstić information content (AvgIpc) is 1.88. The molecule has 0 spiro atoms. The highest BCUT2D eigenvalue weighted by Gasteiger charge is 2.00. The molecule has 0 aliphatic carbocycles. The zero-order valence-corrected chi connectivity index (χ0v) is 6.05. The topological polar surface area (TPSA) is 46.2 Å². The summed E-state index contributed by atoms with van der Waals surface area (Å²) in [5.41, 5.74) is 0.367. The third kappa shape index (κ3) is 4.09. The van der Waals surface area contributed by atoms with Crippen molar-refractivity contribution in [3.63, 3.8) is 0 Å². The van der Waals surface area contributed by atoms with Gasteiger partial charge in [-0.15, -0.1) is 0 Å². The second kappa shape index (κ2) is 4.99. The molecule has 0 amide bonds. The minimum atomic E-state index is -0.423. The highest BCUT2D eigenvalue weighted by atomic mass is 16.5. The molecule has 57 valence electrons. The number of rotatable bonds is 4. The Balaban J connectivity index is 3.31. The van der Waals surface area contributed by atoms with Crippen molar-refractivity contribution >= 4 is 5.97 Å². The lowest BCUT2D eigenvalue weighted by atomic mass is 10.4. The predicted octanol–water partition coefficient (Wildman–Crippen LogP) is 0.926. The molecule has 10 heavy (non-hydrogen) atoms. The molecule has 3 heteroatoms. The molecular formula is C7H11O3. The third-order valence-electron chi connectivity index (χ3n) is 0.870. The molecule has 0 aromatic heterocycles. The van der Waals surface area contributed by atoms with Crippen molar-refractivity contribution < 1.29 is 14.6 Å². The Kier molecular flexibility index (Phi) is 4.58. The monoisotopic (exact) mass is 143 g/mol. The van der Waals surface area contributed by atoms with Gasteiger partial charge in [-0.3, -0.25) is 0 Å². The Morgan fingerprint density at radius 1 is 1.60 bits per heavy atom. The minimum absolute atomic E-state index is 0.204. The van der Waals surface area contributed by atoms with Gasteiger partial charge < -0.3 is 4.74 Å². The van der Waals surface area contributed by atoms with Crippen molar-refractivity contribution in [3.8, 4) is 0 Å². The van der Waals surface area contributed by atoms with E-state index in [-0.39, 0.29) is 13.2 Å². The van der Waals surface area contributed by atoms with Crippen LogP contribution in [0.5, 0.6) is 0 Å². The Hall–Kier alpha value is -0.830. The quantitative estimate of drug-likeness (QED) is 0.334. The number of esters is 1. The van der Waals surface area contributed by atoms with E-state index < -0.39 is 5.97 Å². The van der Waals surface area contributed by atoms with Crippen LogP contribution in [0.15, 0.2) is 12.2 Å². The Bertz CT molecular complexity index is 129. The minimum Gasteiger partial charge on any atom is -0.462 e. The van der Waals surface area contributed by atoms with Crippen molar-refractivity contribution in [2.45, 2.75) is 13.3 Å². The lowest BCUT2D eigenvalue weighted by molar-refractivity contribution is -0.139. The van der Waals surface area contributed by atoms with E-state index in [2.05, 4.69) is 11.3 Å². The summed E-state index contributed by atoms with van der Waals surface area (Å²) in [7, 11) is 0. The highest BCUT2D eigenvalue weighted by Crippen LogP contribution is 1.92. The second-order valence-corrected chi connectivity index (χ2v) is 1.97. The number of carbonyl (C=O) groups excluding carboxylic acids is 1. The number of ether oxygens (including phenoxy) is 1. The van der Waals surface area contributed by atoms with Crippen molar-refractivity contribution in [1.82, 2.24) is 0 Å². The van der Waals surface area contributed by atoms with Crippen LogP contribution in [-0.4, -0.2) is 19.2 Å². The van der Waals surface area contributed by atoms with Gasteiger partial charge in [0.1, 0.15) is 0 Å².